The standard InChI is InChI=1S/C26H32F2N4O4/c1-15-6-11-20(17-7-9-18(10-8-17)21(27)28)32(14-15)24(34)23(33)30-19-12-16(2)22(29-13-19)31-25(35)36-26(3,4)5/h7-10,12-13,15,20-21H,6,11,14H2,1-5H3,(H,30,33)(H,29,31,35)/t15-,20+/m0/s1. The van der Waals surface area contributed by atoms with Crippen LogP contribution in [0.5, 0.6) is 0 Å². The molecule has 1 aromatic carbocycles. The number of nitrogens with one attached hydrogen (secondary N) is 2. The Kier molecular flexibility index (Phi) is 8.27. The first-order valence-electron chi connectivity index (χ1n) is 11.8. The summed E-state index contributed by atoms with van der Waals surface area (Å²) in [6.07, 6.45) is -0.417. The predicted molar refractivity (Wildman–Crippen MR) is 132 cm³/mol. The number of benzene rings is 1. The van der Waals surface area contributed by atoms with E-state index in [-0.39, 0.29) is 23.3 Å². The molecule has 2 atom stereocenters. The summed E-state index contributed by atoms with van der Waals surface area (Å²) in [4.78, 5) is 43.6. The third-order valence-corrected chi connectivity index (χ3v) is 5.80. The zero-order valence-corrected chi connectivity index (χ0v) is 21.1. The number of hydrogen-bond acceptors (Lipinski definition) is 5. The second-order valence-electron chi connectivity index (χ2n) is 10.1. The van der Waals surface area contributed by atoms with Gasteiger partial charge in [0.05, 0.1) is 17.9 Å². The molecular weight excluding hydrogens is 470 g/mol. The Balaban J connectivity index is 1.71. The van der Waals surface area contributed by atoms with Crippen LogP contribution in [0.1, 0.15) is 69.7 Å². The Hall–Kier alpha value is -3.56. The van der Waals surface area contributed by atoms with E-state index < -0.39 is 29.9 Å². The molecular formula is C26H32F2N4O4. The summed E-state index contributed by atoms with van der Waals surface area (Å²) in [5.74, 6) is -1.07. The molecule has 0 radical (unpaired) electrons. The van der Waals surface area contributed by atoms with Crippen molar-refractivity contribution in [2.24, 2.45) is 5.92 Å². The fraction of sp³-hybridized carbons (Fsp3) is 0.462. The van der Waals surface area contributed by atoms with Crippen LogP contribution in [0.4, 0.5) is 25.1 Å². The number of anilines is 2. The van der Waals surface area contributed by atoms with E-state index in [0.717, 1.165) is 6.42 Å². The highest BCUT2D eigenvalue weighted by molar-refractivity contribution is 6.39. The average Bonchev–Trinajstić information content (AvgIpc) is 2.79. The molecule has 0 aliphatic carbocycles. The van der Waals surface area contributed by atoms with Crippen molar-refractivity contribution in [2.45, 2.75) is 65.5 Å². The minimum Gasteiger partial charge on any atom is -0.444 e. The molecule has 36 heavy (non-hydrogen) atoms. The van der Waals surface area contributed by atoms with E-state index in [9.17, 15) is 23.2 Å². The summed E-state index contributed by atoms with van der Waals surface area (Å²) in [6.45, 7) is 9.31. The van der Waals surface area contributed by atoms with E-state index >= 15 is 0 Å². The molecule has 10 heteroatoms. The number of rotatable bonds is 4. The van der Waals surface area contributed by atoms with Crippen LogP contribution in [-0.4, -0.2) is 39.9 Å². The minimum absolute atomic E-state index is 0.0916. The highest BCUT2D eigenvalue weighted by atomic mass is 19.3. The number of carbonyl (C=O) groups is 3. The number of pyridine rings is 1. The summed E-state index contributed by atoms with van der Waals surface area (Å²) in [5, 5.41) is 5.13. The van der Waals surface area contributed by atoms with Gasteiger partial charge in [0.15, 0.2) is 0 Å². The number of nitrogens with zero attached hydrogens (tertiary/aromatic N) is 2. The van der Waals surface area contributed by atoms with Crippen molar-refractivity contribution in [3.63, 3.8) is 0 Å². The maximum atomic E-state index is 13.1. The topological polar surface area (TPSA) is 101 Å². The molecule has 0 bridgehead atoms. The lowest BCUT2D eigenvalue weighted by Crippen LogP contribution is -2.46. The van der Waals surface area contributed by atoms with Crippen LogP contribution in [0.25, 0.3) is 0 Å². The van der Waals surface area contributed by atoms with E-state index in [2.05, 4.69) is 15.6 Å². The minimum atomic E-state index is -2.57. The predicted octanol–water partition coefficient (Wildman–Crippen LogP) is 5.61. The lowest BCUT2D eigenvalue weighted by molar-refractivity contribution is -0.146. The third kappa shape index (κ3) is 6.99. The number of amides is 3. The molecule has 1 aliphatic heterocycles. The van der Waals surface area contributed by atoms with Crippen LogP contribution in [0.2, 0.25) is 0 Å². The normalized spacial score (nSPS) is 18.1. The van der Waals surface area contributed by atoms with Gasteiger partial charge in [-0.15, -0.1) is 0 Å². The number of aromatic nitrogens is 1. The Morgan fingerprint density at radius 2 is 1.78 bits per heavy atom. The van der Waals surface area contributed by atoms with E-state index in [1.54, 1.807) is 45.9 Å². The summed E-state index contributed by atoms with van der Waals surface area (Å²) >= 11 is 0. The lowest BCUT2D eigenvalue weighted by Gasteiger charge is -2.38. The molecule has 2 N–H and O–H groups in total. The number of carbonyl (C=O) groups excluding carboxylic acids is 3. The molecule has 0 saturated carbocycles. The smallest absolute Gasteiger partial charge is 0.413 e. The Morgan fingerprint density at radius 3 is 2.36 bits per heavy atom. The van der Waals surface area contributed by atoms with Crippen molar-refractivity contribution in [1.82, 2.24) is 9.88 Å². The van der Waals surface area contributed by atoms with Crippen LogP contribution >= 0.6 is 0 Å². The second kappa shape index (κ2) is 11.0. The average molecular weight is 503 g/mol. The number of likely N-dealkylation sites (tertiary alicyclic amines) is 1. The van der Waals surface area contributed by atoms with Crippen LogP contribution in [0.3, 0.4) is 0 Å². The van der Waals surface area contributed by atoms with Crippen molar-refractivity contribution in [3.05, 3.63) is 53.2 Å². The fourth-order valence-electron chi connectivity index (χ4n) is 4.08. The van der Waals surface area contributed by atoms with Gasteiger partial charge in [0.25, 0.3) is 6.43 Å². The summed E-state index contributed by atoms with van der Waals surface area (Å²) in [5.41, 5.74) is 0.813. The van der Waals surface area contributed by atoms with Gasteiger partial charge in [0, 0.05) is 12.1 Å². The van der Waals surface area contributed by atoms with E-state index in [0.29, 0.717) is 29.8 Å². The highest BCUT2D eigenvalue weighted by Crippen LogP contribution is 2.34. The van der Waals surface area contributed by atoms with Crippen LogP contribution < -0.4 is 10.6 Å². The van der Waals surface area contributed by atoms with Crippen molar-refractivity contribution in [2.75, 3.05) is 17.2 Å². The van der Waals surface area contributed by atoms with Crippen molar-refractivity contribution >= 4 is 29.4 Å². The molecule has 3 amide bonds. The number of aryl methyl sites for hydroxylation is 1. The SMILES string of the molecule is Cc1cc(NC(=O)C(=O)N2C[C@@H](C)CC[C@@H]2c2ccc(C(F)F)cc2)cnc1NC(=O)OC(C)(C)C. The van der Waals surface area contributed by atoms with Crippen LogP contribution in [0, 0.1) is 12.8 Å². The number of piperidine rings is 1. The zero-order chi connectivity index (χ0) is 26.6. The van der Waals surface area contributed by atoms with E-state index in [4.69, 9.17) is 4.74 Å². The van der Waals surface area contributed by atoms with Gasteiger partial charge in [0.2, 0.25) is 0 Å². The molecule has 1 fully saturated rings. The van der Waals surface area contributed by atoms with Crippen molar-refractivity contribution in [1.29, 1.82) is 0 Å². The highest BCUT2D eigenvalue weighted by Gasteiger charge is 2.34. The molecule has 2 aromatic rings. The third-order valence-electron chi connectivity index (χ3n) is 5.80. The molecule has 194 valence electrons. The van der Waals surface area contributed by atoms with Crippen LogP contribution in [-0.2, 0) is 14.3 Å². The number of hydrogen-bond donors (Lipinski definition) is 2. The summed E-state index contributed by atoms with van der Waals surface area (Å²) in [6, 6.07) is 7.08. The molecule has 2 heterocycles. The van der Waals surface area contributed by atoms with Gasteiger partial charge in [-0.05, 0) is 63.6 Å². The first-order chi connectivity index (χ1) is 16.8. The molecule has 8 nitrogen and oxygen atoms in total. The monoisotopic (exact) mass is 502 g/mol. The zero-order valence-electron chi connectivity index (χ0n) is 21.1. The lowest BCUT2D eigenvalue weighted by atomic mass is 9.89. The maximum Gasteiger partial charge on any atom is 0.413 e. The van der Waals surface area contributed by atoms with Gasteiger partial charge in [-0.3, -0.25) is 14.9 Å². The number of alkyl halides is 2. The van der Waals surface area contributed by atoms with Crippen LogP contribution in [0.15, 0.2) is 36.5 Å². The van der Waals surface area contributed by atoms with Gasteiger partial charge < -0.3 is 15.0 Å². The number of halogens is 2. The van der Waals surface area contributed by atoms with Crippen molar-refractivity contribution in [3.8, 4) is 0 Å². The summed E-state index contributed by atoms with van der Waals surface area (Å²) < 4.78 is 31.1. The number of ether oxygens (including phenoxy) is 1. The molecule has 0 spiro atoms. The fourth-order valence-corrected chi connectivity index (χ4v) is 4.08. The van der Waals surface area contributed by atoms with Gasteiger partial charge in [-0.2, -0.15) is 0 Å². The van der Waals surface area contributed by atoms with Gasteiger partial charge >= 0.3 is 17.9 Å². The van der Waals surface area contributed by atoms with Gasteiger partial charge in [0.1, 0.15) is 11.4 Å². The maximum absolute atomic E-state index is 13.1. The summed E-state index contributed by atoms with van der Waals surface area (Å²) in [7, 11) is 0. The quantitative estimate of drug-likeness (QED) is 0.529. The second-order valence-corrected chi connectivity index (χ2v) is 10.1. The Labute approximate surface area is 209 Å². The van der Waals surface area contributed by atoms with Gasteiger partial charge in [-0.1, -0.05) is 31.2 Å². The molecule has 3 rings (SSSR count). The first-order valence-corrected chi connectivity index (χ1v) is 11.8. The Bertz CT molecular complexity index is 1120. The first kappa shape index (κ1) is 27.0. The Morgan fingerprint density at radius 1 is 1.11 bits per heavy atom. The van der Waals surface area contributed by atoms with E-state index in [1.807, 2.05) is 6.92 Å². The van der Waals surface area contributed by atoms with E-state index in [1.165, 1.54) is 23.2 Å². The largest absolute Gasteiger partial charge is 0.444 e. The molecule has 1 aromatic heterocycles. The molecule has 0 unspecified atom stereocenters. The van der Waals surface area contributed by atoms with Gasteiger partial charge in [-0.25, -0.2) is 18.6 Å². The molecule has 1 aliphatic rings. The van der Waals surface area contributed by atoms with Crippen molar-refractivity contribution < 1.29 is 27.9 Å². The molecule has 1 saturated heterocycles.